The second-order valence-electron chi connectivity index (χ2n) is 5.40. The summed E-state index contributed by atoms with van der Waals surface area (Å²) in [4.78, 5) is 25.1. The van der Waals surface area contributed by atoms with Crippen molar-refractivity contribution in [3.63, 3.8) is 0 Å². The fraction of sp³-hybridized carbons (Fsp3) is 0.533. The number of nitrogens with zero attached hydrogens (tertiary/aromatic N) is 2. The van der Waals surface area contributed by atoms with Gasteiger partial charge in [0, 0.05) is 24.5 Å². The van der Waals surface area contributed by atoms with Crippen molar-refractivity contribution in [2.45, 2.75) is 38.6 Å². The van der Waals surface area contributed by atoms with Crippen LogP contribution in [0.25, 0.3) is 0 Å². The molecule has 1 saturated carbocycles. The van der Waals surface area contributed by atoms with Crippen LogP contribution in [0.4, 0.5) is 5.69 Å². The lowest BCUT2D eigenvalue weighted by molar-refractivity contribution is -0.385. The molecular weight excluding hydrogens is 292 g/mol. The van der Waals surface area contributed by atoms with Crippen molar-refractivity contribution in [3.8, 4) is 0 Å². The summed E-state index contributed by atoms with van der Waals surface area (Å²) in [7, 11) is 0. The number of alkyl halides is 1. The summed E-state index contributed by atoms with van der Waals surface area (Å²) in [6, 6.07) is 4.86. The molecule has 114 valence electrons. The van der Waals surface area contributed by atoms with Gasteiger partial charge in [-0.15, -0.1) is 11.6 Å². The Morgan fingerprint density at radius 3 is 2.71 bits per heavy atom. The number of hydrogen-bond donors (Lipinski definition) is 0. The van der Waals surface area contributed by atoms with E-state index >= 15 is 0 Å². The average molecular weight is 311 g/mol. The molecule has 1 aromatic carbocycles. The molecule has 1 amide bonds. The number of carbonyl (C=O) groups is 1. The Balaban J connectivity index is 2.30. The second kappa shape index (κ2) is 6.89. The van der Waals surface area contributed by atoms with Crippen LogP contribution in [0.3, 0.4) is 0 Å². The number of halogens is 1. The Kier molecular flexibility index (Phi) is 5.17. The van der Waals surface area contributed by atoms with Crippen molar-refractivity contribution in [1.82, 2.24) is 4.90 Å². The quantitative estimate of drug-likeness (QED) is 0.459. The first kappa shape index (κ1) is 15.8. The number of amides is 1. The first-order chi connectivity index (χ1) is 10.0. The van der Waals surface area contributed by atoms with Crippen LogP contribution in [0, 0.1) is 17.0 Å². The topological polar surface area (TPSA) is 63.5 Å². The van der Waals surface area contributed by atoms with Crippen molar-refractivity contribution in [2.24, 2.45) is 0 Å². The van der Waals surface area contributed by atoms with Crippen LogP contribution in [0.15, 0.2) is 18.2 Å². The van der Waals surface area contributed by atoms with Crippen LogP contribution in [-0.4, -0.2) is 34.2 Å². The summed E-state index contributed by atoms with van der Waals surface area (Å²) >= 11 is 5.72. The third kappa shape index (κ3) is 3.53. The fourth-order valence-electron chi connectivity index (χ4n) is 2.51. The molecule has 0 unspecified atom stereocenters. The summed E-state index contributed by atoms with van der Waals surface area (Å²) in [5.41, 5.74) is 0.900. The average Bonchev–Trinajstić information content (AvgIpc) is 2.40. The van der Waals surface area contributed by atoms with E-state index in [0.29, 0.717) is 18.8 Å². The number of benzene rings is 1. The lowest BCUT2D eigenvalue weighted by Crippen LogP contribution is -2.45. The first-order valence-corrected chi connectivity index (χ1v) is 7.70. The molecule has 0 bridgehead atoms. The standard InChI is InChI=1S/C15H19ClN2O3/c1-11-6-7-14(18(20)21)13(10-11)15(19)17(9-3-8-16)12-4-2-5-12/h6-7,10,12H,2-5,8-9H2,1H3. The number of nitro groups is 1. The molecular formula is C15H19ClN2O3. The third-order valence-corrected chi connectivity index (χ3v) is 4.16. The van der Waals surface area contributed by atoms with Crippen LogP contribution in [0.5, 0.6) is 0 Å². The molecule has 0 radical (unpaired) electrons. The maximum atomic E-state index is 12.7. The molecule has 6 heteroatoms. The summed E-state index contributed by atoms with van der Waals surface area (Å²) in [5.74, 6) is 0.229. The molecule has 0 saturated heterocycles. The molecule has 1 aromatic rings. The SMILES string of the molecule is Cc1ccc([N+](=O)[O-])c(C(=O)N(CCCCl)C2CCC2)c1. The molecule has 0 aliphatic heterocycles. The zero-order chi connectivity index (χ0) is 15.4. The molecule has 2 rings (SSSR count). The zero-order valence-corrected chi connectivity index (χ0v) is 12.8. The van der Waals surface area contributed by atoms with Gasteiger partial charge in [0.25, 0.3) is 11.6 Å². The van der Waals surface area contributed by atoms with Gasteiger partial charge in [-0.25, -0.2) is 0 Å². The monoisotopic (exact) mass is 310 g/mol. The van der Waals surface area contributed by atoms with Gasteiger partial charge in [0.1, 0.15) is 5.56 Å². The van der Waals surface area contributed by atoms with Crippen molar-refractivity contribution in [2.75, 3.05) is 12.4 Å². The third-order valence-electron chi connectivity index (χ3n) is 3.89. The van der Waals surface area contributed by atoms with E-state index in [1.54, 1.807) is 17.0 Å². The van der Waals surface area contributed by atoms with Crippen molar-refractivity contribution in [3.05, 3.63) is 39.4 Å². The molecule has 1 aliphatic rings. The number of carbonyl (C=O) groups excluding carboxylic acids is 1. The van der Waals surface area contributed by atoms with E-state index in [1.807, 2.05) is 6.92 Å². The molecule has 0 N–H and O–H groups in total. The van der Waals surface area contributed by atoms with E-state index in [0.717, 1.165) is 24.8 Å². The molecule has 1 fully saturated rings. The highest BCUT2D eigenvalue weighted by Gasteiger charge is 2.32. The highest BCUT2D eigenvalue weighted by molar-refractivity contribution is 6.17. The molecule has 0 heterocycles. The molecule has 5 nitrogen and oxygen atoms in total. The molecule has 0 atom stereocenters. The normalized spacial score (nSPS) is 14.6. The van der Waals surface area contributed by atoms with Crippen molar-refractivity contribution < 1.29 is 9.72 Å². The van der Waals surface area contributed by atoms with Gasteiger partial charge in [-0.05, 0) is 44.2 Å². The van der Waals surface area contributed by atoms with Gasteiger partial charge in [0.05, 0.1) is 4.92 Å². The fourth-order valence-corrected chi connectivity index (χ4v) is 2.63. The Hall–Kier alpha value is -1.62. The Morgan fingerprint density at radius 2 is 2.19 bits per heavy atom. The van der Waals surface area contributed by atoms with E-state index < -0.39 is 4.92 Å². The van der Waals surface area contributed by atoms with Gasteiger partial charge in [-0.3, -0.25) is 14.9 Å². The Morgan fingerprint density at radius 1 is 1.48 bits per heavy atom. The van der Waals surface area contributed by atoms with Crippen molar-refractivity contribution >= 4 is 23.2 Å². The highest BCUT2D eigenvalue weighted by Crippen LogP contribution is 2.29. The number of aryl methyl sites for hydroxylation is 1. The van der Waals surface area contributed by atoms with Gasteiger partial charge in [-0.2, -0.15) is 0 Å². The predicted molar refractivity (Wildman–Crippen MR) is 81.8 cm³/mol. The van der Waals surface area contributed by atoms with E-state index in [1.165, 1.54) is 6.07 Å². The molecule has 1 aliphatic carbocycles. The molecule has 0 aromatic heterocycles. The summed E-state index contributed by atoms with van der Waals surface area (Å²) in [6.45, 7) is 2.38. The van der Waals surface area contributed by atoms with E-state index in [4.69, 9.17) is 11.6 Å². The maximum Gasteiger partial charge on any atom is 0.282 e. The van der Waals surface area contributed by atoms with Gasteiger partial charge < -0.3 is 4.90 Å². The van der Waals surface area contributed by atoms with Crippen LogP contribution in [0.2, 0.25) is 0 Å². The highest BCUT2D eigenvalue weighted by atomic mass is 35.5. The number of nitro benzene ring substituents is 1. The lowest BCUT2D eigenvalue weighted by atomic mass is 9.90. The summed E-state index contributed by atoms with van der Waals surface area (Å²) in [6.07, 6.45) is 3.73. The zero-order valence-electron chi connectivity index (χ0n) is 12.0. The maximum absolute atomic E-state index is 12.7. The van der Waals surface area contributed by atoms with Crippen LogP contribution in [0.1, 0.15) is 41.6 Å². The van der Waals surface area contributed by atoms with Crippen LogP contribution >= 0.6 is 11.6 Å². The van der Waals surface area contributed by atoms with E-state index in [9.17, 15) is 14.9 Å². The van der Waals surface area contributed by atoms with Gasteiger partial charge in [-0.1, -0.05) is 6.07 Å². The molecule has 0 spiro atoms. The number of rotatable bonds is 6. The van der Waals surface area contributed by atoms with Gasteiger partial charge >= 0.3 is 0 Å². The van der Waals surface area contributed by atoms with E-state index in [2.05, 4.69) is 0 Å². The Labute approximate surface area is 129 Å². The first-order valence-electron chi connectivity index (χ1n) is 7.16. The van der Waals surface area contributed by atoms with Gasteiger partial charge in [0.15, 0.2) is 0 Å². The minimum Gasteiger partial charge on any atom is -0.335 e. The minimum absolute atomic E-state index is 0.124. The van der Waals surface area contributed by atoms with Gasteiger partial charge in [0.2, 0.25) is 0 Å². The smallest absolute Gasteiger partial charge is 0.282 e. The van der Waals surface area contributed by atoms with E-state index in [-0.39, 0.29) is 23.2 Å². The minimum atomic E-state index is -0.493. The Bertz CT molecular complexity index is 544. The van der Waals surface area contributed by atoms with Crippen molar-refractivity contribution in [1.29, 1.82) is 0 Å². The largest absolute Gasteiger partial charge is 0.335 e. The van der Waals surface area contributed by atoms with Crippen LogP contribution in [-0.2, 0) is 0 Å². The molecule has 21 heavy (non-hydrogen) atoms. The summed E-state index contributed by atoms with van der Waals surface area (Å²) in [5, 5.41) is 11.1. The van der Waals surface area contributed by atoms with Crippen LogP contribution < -0.4 is 0 Å². The lowest BCUT2D eigenvalue weighted by Gasteiger charge is -2.37. The number of hydrogen-bond acceptors (Lipinski definition) is 3. The summed E-state index contributed by atoms with van der Waals surface area (Å²) < 4.78 is 0. The second-order valence-corrected chi connectivity index (χ2v) is 5.78. The predicted octanol–water partition coefficient (Wildman–Crippen LogP) is 3.53.